The molecule has 2 saturated carbocycles. The van der Waals surface area contributed by atoms with Crippen molar-refractivity contribution in [1.82, 2.24) is 4.90 Å². The van der Waals surface area contributed by atoms with Crippen LogP contribution in [0.5, 0.6) is 0 Å². The van der Waals surface area contributed by atoms with E-state index in [1.807, 2.05) is 6.07 Å². The lowest BCUT2D eigenvalue weighted by molar-refractivity contribution is 0.214. The summed E-state index contributed by atoms with van der Waals surface area (Å²) in [4.78, 5) is 2.95. The molecule has 0 amide bonds. The molecule has 2 aliphatic rings. The van der Waals surface area contributed by atoms with Crippen molar-refractivity contribution in [3.63, 3.8) is 0 Å². The maximum Gasteiger partial charge on any atom is 0.103 e. The predicted molar refractivity (Wildman–Crippen MR) is 87.6 cm³/mol. The zero-order valence-electron chi connectivity index (χ0n) is 12.2. The minimum atomic E-state index is 0.489. The fraction of sp³-hybridized carbons (Fsp3) is 0.588. The number of rotatable bonds is 5. The molecule has 2 bridgehead atoms. The molecule has 20 heavy (non-hydrogen) atoms. The van der Waals surface area contributed by atoms with Gasteiger partial charge in [-0.1, -0.05) is 36.8 Å². The maximum absolute atomic E-state index is 5.70. The van der Waals surface area contributed by atoms with Crippen LogP contribution in [0.4, 0.5) is 0 Å². The Hall–Kier alpha value is -0.930. The van der Waals surface area contributed by atoms with Crippen molar-refractivity contribution in [3.05, 3.63) is 35.4 Å². The molecule has 2 aliphatic carbocycles. The molecule has 1 aromatic rings. The molecule has 1 aromatic carbocycles. The van der Waals surface area contributed by atoms with Gasteiger partial charge >= 0.3 is 0 Å². The molecule has 0 aliphatic heterocycles. The first-order chi connectivity index (χ1) is 9.61. The Morgan fingerprint density at radius 1 is 1.35 bits per heavy atom. The van der Waals surface area contributed by atoms with Gasteiger partial charge in [-0.25, -0.2) is 0 Å². The van der Waals surface area contributed by atoms with Gasteiger partial charge in [-0.15, -0.1) is 0 Å². The number of hydrogen-bond donors (Lipinski definition) is 1. The van der Waals surface area contributed by atoms with Gasteiger partial charge in [0.15, 0.2) is 0 Å². The second-order valence-electron chi connectivity index (χ2n) is 6.70. The van der Waals surface area contributed by atoms with E-state index in [1.54, 1.807) is 0 Å². The molecule has 3 heteroatoms. The van der Waals surface area contributed by atoms with Crippen LogP contribution in [0.2, 0.25) is 0 Å². The average molecular weight is 288 g/mol. The lowest BCUT2D eigenvalue weighted by Crippen LogP contribution is -2.28. The van der Waals surface area contributed by atoms with E-state index in [4.69, 9.17) is 18.0 Å². The number of hydrogen-bond acceptors (Lipinski definition) is 2. The molecular formula is C17H24N2S. The Morgan fingerprint density at radius 2 is 2.20 bits per heavy atom. The van der Waals surface area contributed by atoms with E-state index < -0.39 is 0 Å². The topological polar surface area (TPSA) is 29.3 Å². The largest absolute Gasteiger partial charge is 0.389 e. The summed E-state index contributed by atoms with van der Waals surface area (Å²) < 4.78 is 0. The van der Waals surface area contributed by atoms with Crippen molar-refractivity contribution in [2.45, 2.75) is 32.2 Å². The zero-order valence-corrected chi connectivity index (χ0v) is 13.0. The highest BCUT2D eigenvalue weighted by molar-refractivity contribution is 7.80. The second kappa shape index (κ2) is 5.82. The van der Waals surface area contributed by atoms with Gasteiger partial charge in [0.2, 0.25) is 0 Å². The highest BCUT2D eigenvalue weighted by Gasteiger charge is 2.39. The molecule has 3 rings (SSSR count). The summed E-state index contributed by atoms with van der Waals surface area (Å²) in [6.07, 6.45) is 5.92. The minimum Gasteiger partial charge on any atom is -0.389 e. The van der Waals surface area contributed by atoms with Gasteiger partial charge in [0.05, 0.1) is 0 Å². The molecule has 2 fully saturated rings. The first-order valence-electron chi connectivity index (χ1n) is 7.69. The molecule has 0 aromatic heterocycles. The van der Waals surface area contributed by atoms with E-state index in [-0.39, 0.29) is 0 Å². The lowest BCUT2D eigenvalue weighted by atomic mass is 9.88. The van der Waals surface area contributed by atoms with Crippen molar-refractivity contribution >= 4 is 17.2 Å². The number of fused-ring (bicyclic) bond motifs is 2. The van der Waals surface area contributed by atoms with Crippen LogP contribution in [0.15, 0.2) is 24.3 Å². The summed E-state index contributed by atoms with van der Waals surface area (Å²) in [6.45, 7) is 2.23. The van der Waals surface area contributed by atoms with E-state index in [9.17, 15) is 0 Å². The summed E-state index contributed by atoms with van der Waals surface area (Å²) in [5, 5.41) is 0. The maximum atomic E-state index is 5.70. The van der Waals surface area contributed by atoms with Crippen LogP contribution in [-0.2, 0) is 6.54 Å². The molecule has 3 unspecified atom stereocenters. The Bertz CT molecular complexity index is 500. The molecule has 3 atom stereocenters. The number of nitrogens with zero attached hydrogens (tertiary/aromatic N) is 1. The van der Waals surface area contributed by atoms with Crippen LogP contribution < -0.4 is 5.73 Å². The smallest absolute Gasteiger partial charge is 0.103 e. The summed E-state index contributed by atoms with van der Waals surface area (Å²) in [5.41, 5.74) is 7.99. The Labute approximate surface area is 127 Å². The number of nitrogens with two attached hydrogens (primary N) is 1. The van der Waals surface area contributed by atoms with E-state index >= 15 is 0 Å². The normalized spacial score (nSPS) is 28.2. The fourth-order valence-electron chi connectivity index (χ4n) is 4.20. The number of benzene rings is 1. The molecular weight excluding hydrogens is 264 g/mol. The highest BCUT2D eigenvalue weighted by atomic mass is 32.1. The van der Waals surface area contributed by atoms with Crippen molar-refractivity contribution < 1.29 is 0 Å². The van der Waals surface area contributed by atoms with Crippen molar-refractivity contribution in [2.75, 3.05) is 13.6 Å². The summed E-state index contributed by atoms with van der Waals surface area (Å²) in [5.74, 6) is 2.97. The van der Waals surface area contributed by atoms with Crippen LogP contribution in [-0.4, -0.2) is 23.5 Å². The SMILES string of the molecule is CN(Cc1cccc(C(N)=S)c1)CC1CC2CCC1C2. The number of thiocarbonyl (C=S) groups is 1. The van der Waals surface area contributed by atoms with Crippen molar-refractivity contribution in [1.29, 1.82) is 0 Å². The third kappa shape index (κ3) is 3.04. The average Bonchev–Trinajstić information content (AvgIpc) is 3.01. The van der Waals surface area contributed by atoms with Crippen LogP contribution in [0.1, 0.15) is 36.8 Å². The first-order valence-corrected chi connectivity index (χ1v) is 8.10. The van der Waals surface area contributed by atoms with Gasteiger partial charge in [-0.05, 0) is 55.7 Å². The van der Waals surface area contributed by atoms with Crippen LogP contribution in [0.25, 0.3) is 0 Å². The Balaban J connectivity index is 1.57. The fourth-order valence-corrected chi connectivity index (χ4v) is 4.33. The lowest BCUT2D eigenvalue weighted by Gasteiger charge is -2.27. The predicted octanol–water partition coefficient (Wildman–Crippen LogP) is 3.19. The van der Waals surface area contributed by atoms with Gasteiger partial charge in [-0.3, -0.25) is 0 Å². The standard InChI is InChI=1S/C17H24N2S/c1-19(11-16-8-12-5-6-14(16)7-12)10-13-3-2-4-15(9-13)17(18)20/h2-4,9,12,14,16H,5-8,10-11H2,1H3,(H2,18,20). The van der Waals surface area contributed by atoms with Crippen LogP contribution in [0.3, 0.4) is 0 Å². The van der Waals surface area contributed by atoms with E-state index in [0.29, 0.717) is 4.99 Å². The summed E-state index contributed by atoms with van der Waals surface area (Å²) in [7, 11) is 2.24. The zero-order chi connectivity index (χ0) is 14.1. The van der Waals surface area contributed by atoms with Crippen molar-refractivity contribution in [3.8, 4) is 0 Å². The Morgan fingerprint density at radius 3 is 2.85 bits per heavy atom. The molecule has 2 nitrogen and oxygen atoms in total. The third-order valence-electron chi connectivity index (χ3n) is 5.09. The van der Waals surface area contributed by atoms with Gasteiger partial charge < -0.3 is 10.6 Å². The van der Waals surface area contributed by atoms with Crippen LogP contribution >= 0.6 is 12.2 Å². The van der Waals surface area contributed by atoms with Gasteiger partial charge in [0.1, 0.15) is 4.99 Å². The summed E-state index contributed by atoms with van der Waals surface area (Å²) in [6, 6.07) is 8.33. The second-order valence-corrected chi connectivity index (χ2v) is 7.14. The molecule has 0 heterocycles. The monoisotopic (exact) mass is 288 g/mol. The summed E-state index contributed by atoms with van der Waals surface area (Å²) >= 11 is 5.05. The quantitative estimate of drug-likeness (QED) is 0.844. The van der Waals surface area contributed by atoms with Crippen LogP contribution in [0, 0.1) is 17.8 Å². The molecule has 108 valence electrons. The van der Waals surface area contributed by atoms with Crippen molar-refractivity contribution in [2.24, 2.45) is 23.5 Å². The minimum absolute atomic E-state index is 0.489. The Kier molecular flexibility index (Phi) is 4.08. The van der Waals surface area contributed by atoms with Gasteiger partial charge in [-0.2, -0.15) is 0 Å². The van der Waals surface area contributed by atoms with E-state index in [0.717, 1.165) is 29.9 Å². The van der Waals surface area contributed by atoms with Gasteiger partial charge in [0.25, 0.3) is 0 Å². The molecule has 0 spiro atoms. The third-order valence-corrected chi connectivity index (χ3v) is 5.33. The molecule has 0 radical (unpaired) electrons. The molecule has 0 saturated heterocycles. The molecule has 2 N–H and O–H groups in total. The highest BCUT2D eigenvalue weighted by Crippen LogP contribution is 2.48. The first kappa shape index (κ1) is 14.0. The van der Waals surface area contributed by atoms with E-state index in [2.05, 4.69) is 30.1 Å². The van der Waals surface area contributed by atoms with Gasteiger partial charge in [0, 0.05) is 18.7 Å². The van der Waals surface area contributed by atoms with E-state index in [1.165, 1.54) is 37.8 Å².